The lowest BCUT2D eigenvalue weighted by Crippen LogP contribution is -2.25. The third kappa shape index (κ3) is 5.12. The Hall–Kier alpha value is -1.21. The minimum Gasteiger partial charge on any atom is -0.480 e. The molecule has 19 heavy (non-hydrogen) atoms. The molecular formula is C12H14BrF2NO3. The van der Waals surface area contributed by atoms with Crippen molar-refractivity contribution in [2.75, 3.05) is 13.6 Å². The lowest BCUT2D eigenvalue weighted by molar-refractivity contribution is -0.138. The van der Waals surface area contributed by atoms with E-state index in [4.69, 9.17) is 5.11 Å². The number of carboxylic acid groups (broad SMARTS) is 1. The van der Waals surface area contributed by atoms with E-state index in [1.165, 1.54) is 4.90 Å². The number of aryl methyl sites for hydroxylation is 1. The van der Waals surface area contributed by atoms with Crippen LogP contribution in [0, 0.1) is 6.92 Å². The van der Waals surface area contributed by atoms with Gasteiger partial charge in [-0.05, 0) is 31.7 Å². The molecule has 1 N–H and O–H groups in total. The third-order valence-electron chi connectivity index (χ3n) is 2.37. The zero-order chi connectivity index (χ0) is 14.6. The van der Waals surface area contributed by atoms with E-state index in [1.807, 2.05) is 0 Å². The van der Waals surface area contributed by atoms with Gasteiger partial charge in [-0.15, -0.1) is 0 Å². The summed E-state index contributed by atoms with van der Waals surface area (Å²) in [5, 5.41) is 8.68. The Bertz CT molecular complexity index is 469. The second kappa shape index (κ2) is 6.81. The molecule has 0 atom stereocenters. The molecule has 1 aromatic rings. The summed E-state index contributed by atoms with van der Waals surface area (Å²) in [7, 11) is 1.59. The Morgan fingerprint density at radius 2 is 2.16 bits per heavy atom. The first kappa shape index (κ1) is 15.8. The standard InChI is InChI=1S/C12H14BrF2NO3/c1-7-3-9(13)4-8(11(7)19-12(14)15)5-16(2)6-10(17)18/h3-4,12H,5-6H2,1-2H3,(H,17,18). The number of aliphatic carboxylic acids is 1. The van der Waals surface area contributed by atoms with Gasteiger partial charge >= 0.3 is 12.6 Å². The summed E-state index contributed by atoms with van der Waals surface area (Å²) in [6.07, 6.45) is 0. The summed E-state index contributed by atoms with van der Waals surface area (Å²) in [4.78, 5) is 12.1. The quantitative estimate of drug-likeness (QED) is 0.867. The first-order valence-electron chi connectivity index (χ1n) is 5.43. The monoisotopic (exact) mass is 337 g/mol. The molecule has 0 aromatic heterocycles. The Kier molecular flexibility index (Phi) is 5.68. The number of nitrogens with zero attached hydrogens (tertiary/aromatic N) is 1. The van der Waals surface area contributed by atoms with Crippen molar-refractivity contribution < 1.29 is 23.4 Å². The van der Waals surface area contributed by atoms with Crippen LogP contribution in [0.25, 0.3) is 0 Å². The number of halogens is 3. The number of likely N-dealkylation sites (N-methyl/N-ethyl adjacent to an activating group) is 1. The summed E-state index contributed by atoms with van der Waals surface area (Å²) >= 11 is 3.28. The Labute approximate surface area is 118 Å². The number of benzene rings is 1. The van der Waals surface area contributed by atoms with Gasteiger partial charge in [0.2, 0.25) is 0 Å². The summed E-state index contributed by atoms with van der Waals surface area (Å²) in [6, 6.07) is 3.31. The molecule has 0 aliphatic carbocycles. The number of ether oxygens (including phenoxy) is 1. The fourth-order valence-corrected chi connectivity index (χ4v) is 2.37. The number of rotatable bonds is 6. The van der Waals surface area contributed by atoms with E-state index in [-0.39, 0.29) is 18.8 Å². The fourth-order valence-electron chi connectivity index (χ4n) is 1.75. The van der Waals surface area contributed by atoms with Gasteiger partial charge < -0.3 is 9.84 Å². The summed E-state index contributed by atoms with van der Waals surface area (Å²) in [6.45, 7) is -1.24. The molecule has 106 valence electrons. The second-order valence-corrected chi connectivity index (χ2v) is 5.07. The number of alkyl halides is 2. The molecule has 0 aliphatic heterocycles. The predicted octanol–water partition coefficient (Wildman–Crippen LogP) is 2.88. The summed E-state index contributed by atoms with van der Waals surface area (Å²) in [5.41, 5.74) is 1.07. The molecular weight excluding hydrogens is 324 g/mol. The number of carbonyl (C=O) groups is 1. The van der Waals surface area contributed by atoms with Gasteiger partial charge in [0, 0.05) is 16.6 Å². The van der Waals surface area contributed by atoms with E-state index in [0.717, 1.165) is 4.47 Å². The minimum absolute atomic E-state index is 0.0930. The maximum absolute atomic E-state index is 12.4. The van der Waals surface area contributed by atoms with E-state index in [0.29, 0.717) is 11.1 Å². The van der Waals surface area contributed by atoms with Gasteiger partial charge in [-0.2, -0.15) is 8.78 Å². The molecule has 0 bridgehead atoms. The smallest absolute Gasteiger partial charge is 0.387 e. The molecule has 0 saturated carbocycles. The zero-order valence-corrected chi connectivity index (χ0v) is 12.1. The number of hydrogen-bond donors (Lipinski definition) is 1. The zero-order valence-electron chi connectivity index (χ0n) is 10.5. The average molecular weight is 338 g/mol. The first-order chi connectivity index (χ1) is 8.79. The molecule has 1 aromatic carbocycles. The van der Waals surface area contributed by atoms with Crippen molar-refractivity contribution in [1.29, 1.82) is 0 Å². The van der Waals surface area contributed by atoms with Crippen LogP contribution in [0.5, 0.6) is 5.75 Å². The van der Waals surface area contributed by atoms with Crippen LogP contribution in [0.15, 0.2) is 16.6 Å². The second-order valence-electron chi connectivity index (χ2n) is 4.16. The van der Waals surface area contributed by atoms with Crippen molar-refractivity contribution >= 4 is 21.9 Å². The maximum Gasteiger partial charge on any atom is 0.387 e. The Balaban J connectivity index is 2.99. The van der Waals surface area contributed by atoms with Crippen LogP contribution in [0.1, 0.15) is 11.1 Å². The van der Waals surface area contributed by atoms with Crippen molar-refractivity contribution in [1.82, 2.24) is 4.90 Å². The van der Waals surface area contributed by atoms with E-state index in [9.17, 15) is 13.6 Å². The highest BCUT2D eigenvalue weighted by molar-refractivity contribution is 9.10. The molecule has 0 radical (unpaired) electrons. The van der Waals surface area contributed by atoms with Crippen LogP contribution in [-0.4, -0.2) is 36.2 Å². The fraction of sp³-hybridized carbons (Fsp3) is 0.417. The van der Waals surface area contributed by atoms with Gasteiger partial charge in [-0.3, -0.25) is 9.69 Å². The van der Waals surface area contributed by atoms with Gasteiger partial charge in [-0.1, -0.05) is 15.9 Å². The Morgan fingerprint density at radius 3 is 2.68 bits per heavy atom. The molecule has 4 nitrogen and oxygen atoms in total. The van der Waals surface area contributed by atoms with E-state index < -0.39 is 12.6 Å². The van der Waals surface area contributed by atoms with Gasteiger partial charge in [0.15, 0.2) is 0 Å². The highest BCUT2D eigenvalue weighted by Gasteiger charge is 2.16. The summed E-state index contributed by atoms with van der Waals surface area (Å²) in [5.74, 6) is -0.888. The molecule has 0 saturated heterocycles. The summed E-state index contributed by atoms with van der Waals surface area (Å²) < 4.78 is 30.0. The van der Waals surface area contributed by atoms with Gasteiger partial charge in [0.05, 0.1) is 6.54 Å². The topological polar surface area (TPSA) is 49.8 Å². The lowest BCUT2D eigenvalue weighted by atomic mass is 10.1. The van der Waals surface area contributed by atoms with Crippen LogP contribution >= 0.6 is 15.9 Å². The molecule has 1 rings (SSSR count). The van der Waals surface area contributed by atoms with Crippen LogP contribution in [0.3, 0.4) is 0 Å². The van der Waals surface area contributed by atoms with Crippen molar-refractivity contribution in [2.45, 2.75) is 20.1 Å². The van der Waals surface area contributed by atoms with Crippen LogP contribution in [-0.2, 0) is 11.3 Å². The molecule has 0 spiro atoms. The van der Waals surface area contributed by atoms with Crippen molar-refractivity contribution in [2.24, 2.45) is 0 Å². The molecule has 0 aliphatic rings. The van der Waals surface area contributed by atoms with Crippen LogP contribution < -0.4 is 4.74 Å². The van der Waals surface area contributed by atoms with Crippen molar-refractivity contribution in [3.8, 4) is 5.75 Å². The highest BCUT2D eigenvalue weighted by Crippen LogP contribution is 2.30. The average Bonchev–Trinajstić information content (AvgIpc) is 2.21. The van der Waals surface area contributed by atoms with Gasteiger partial charge in [0.1, 0.15) is 5.75 Å². The lowest BCUT2D eigenvalue weighted by Gasteiger charge is -2.19. The third-order valence-corrected chi connectivity index (χ3v) is 2.83. The minimum atomic E-state index is -2.91. The molecule has 0 heterocycles. The van der Waals surface area contributed by atoms with E-state index >= 15 is 0 Å². The van der Waals surface area contributed by atoms with Gasteiger partial charge in [-0.25, -0.2) is 0 Å². The van der Waals surface area contributed by atoms with Gasteiger partial charge in [0.25, 0.3) is 0 Å². The maximum atomic E-state index is 12.4. The van der Waals surface area contributed by atoms with Crippen LogP contribution in [0.2, 0.25) is 0 Å². The molecule has 0 fully saturated rings. The first-order valence-corrected chi connectivity index (χ1v) is 6.23. The van der Waals surface area contributed by atoms with Crippen LogP contribution in [0.4, 0.5) is 8.78 Å². The van der Waals surface area contributed by atoms with E-state index in [1.54, 1.807) is 26.1 Å². The molecule has 7 heteroatoms. The Morgan fingerprint density at radius 1 is 1.53 bits per heavy atom. The normalized spacial score (nSPS) is 11.1. The number of carboxylic acids is 1. The largest absolute Gasteiger partial charge is 0.480 e. The molecule has 0 unspecified atom stereocenters. The SMILES string of the molecule is Cc1cc(Br)cc(CN(C)CC(=O)O)c1OC(F)F. The van der Waals surface area contributed by atoms with Crippen molar-refractivity contribution in [3.05, 3.63) is 27.7 Å². The number of hydrogen-bond acceptors (Lipinski definition) is 3. The highest BCUT2D eigenvalue weighted by atomic mass is 79.9. The van der Waals surface area contributed by atoms with Crippen molar-refractivity contribution in [3.63, 3.8) is 0 Å². The predicted molar refractivity (Wildman–Crippen MR) is 69.5 cm³/mol. The molecule has 0 amide bonds. The van der Waals surface area contributed by atoms with E-state index in [2.05, 4.69) is 20.7 Å².